The number of rotatable bonds is 6. The second-order valence-corrected chi connectivity index (χ2v) is 3.79. The Hall–Kier alpha value is -1.39. The number of nitrogens with one attached hydrogen (secondary N) is 1. The summed E-state index contributed by atoms with van der Waals surface area (Å²) < 4.78 is 4.90. The Morgan fingerprint density at radius 1 is 1.41 bits per heavy atom. The van der Waals surface area contributed by atoms with E-state index >= 15 is 0 Å². The third-order valence-electron chi connectivity index (χ3n) is 2.48. The summed E-state index contributed by atoms with van der Waals surface area (Å²) in [4.78, 5) is 11.5. The summed E-state index contributed by atoms with van der Waals surface area (Å²) in [7, 11) is 0. The van der Waals surface area contributed by atoms with Crippen LogP contribution in [0.1, 0.15) is 25.5 Å². The molecular weight excluding hydrogens is 218 g/mol. The van der Waals surface area contributed by atoms with Gasteiger partial charge < -0.3 is 9.84 Å². The zero-order chi connectivity index (χ0) is 12.7. The average molecular weight is 237 g/mol. The third kappa shape index (κ3) is 4.17. The van der Waals surface area contributed by atoms with Gasteiger partial charge in [-0.05, 0) is 19.4 Å². The minimum absolute atomic E-state index is 0.0617. The molecule has 0 aromatic heterocycles. The van der Waals surface area contributed by atoms with Gasteiger partial charge in [0.05, 0.1) is 19.3 Å². The largest absolute Gasteiger partial charge is 0.465 e. The fraction of sp³-hybridized carbons (Fsp3) is 0.462. The molecule has 2 atom stereocenters. The number of carbonyl (C=O) groups is 1. The standard InChI is InChI=1S/C13H19NO3/c1-3-17-13(16)10(2)14-12(9-15)11-7-5-4-6-8-11/h4-8,10,12,14-15H,3,9H2,1-2H3. The summed E-state index contributed by atoms with van der Waals surface area (Å²) >= 11 is 0. The summed E-state index contributed by atoms with van der Waals surface area (Å²) in [6.07, 6.45) is 0. The molecular formula is C13H19NO3. The van der Waals surface area contributed by atoms with Crippen LogP contribution in [0.3, 0.4) is 0 Å². The molecule has 0 aliphatic rings. The van der Waals surface area contributed by atoms with Crippen molar-refractivity contribution < 1.29 is 14.6 Å². The Kier molecular flexibility index (Phi) is 5.66. The highest BCUT2D eigenvalue weighted by molar-refractivity contribution is 5.75. The van der Waals surface area contributed by atoms with Gasteiger partial charge in [-0.1, -0.05) is 30.3 Å². The molecule has 0 aliphatic carbocycles. The Labute approximate surface area is 102 Å². The van der Waals surface area contributed by atoms with Crippen LogP contribution in [0.2, 0.25) is 0 Å². The van der Waals surface area contributed by atoms with Crippen molar-refractivity contribution in [3.05, 3.63) is 35.9 Å². The molecule has 1 aromatic rings. The molecule has 17 heavy (non-hydrogen) atoms. The van der Waals surface area contributed by atoms with Gasteiger partial charge in [0.2, 0.25) is 0 Å². The first-order chi connectivity index (χ1) is 8.19. The van der Waals surface area contributed by atoms with Gasteiger partial charge in [0.15, 0.2) is 0 Å². The van der Waals surface area contributed by atoms with E-state index in [2.05, 4.69) is 5.32 Å². The number of carbonyl (C=O) groups excluding carboxylic acids is 1. The lowest BCUT2D eigenvalue weighted by molar-refractivity contribution is -0.145. The maximum atomic E-state index is 11.5. The molecule has 1 aromatic carbocycles. The number of aliphatic hydroxyl groups is 1. The van der Waals surface area contributed by atoms with E-state index in [1.165, 1.54) is 0 Å². The van der Waals surface area contributed by atoms with E-state index in [0.29, 0.717) is 6.61 Å². The first-order valence-electron chi connectivity index (χ1n) is 5.77. The van der Waals surface area contributed by atoms with E-state index < -0.39 is 6.04 Å². The lowest BCUT2D eigenvalue weighted by Crippen LogP contribution is -2.39. The molecule has 2 N–H and O–H groups in total. The molecule has 1 rings (SSSR count). The van der Waals surface area contributed by atoms with Crippen molar-refractivity contribution in [1.29, 1.82) is 0 Å². The summed E-state index contributed by atoms with van der Waals surface area (Å²) in [6.45, 7) is 3.79. The molecule has 0 aliphatic heterocycles. The molecule has 2 unspecified atom stereocenters. The zero-order valence-electron chi connectivity index (χ0n) is 10.2. The lowest BCUT2D eigenvalue weighted by atomic mass is 10.1. The van der Waals surface area contributed by atoms with E-state index in [0.717, 1.165) is 5.56 Å². The minimum atomic E-state index is -0.438. The van der Waals surface area contributed by atoms with E-state index in [1.54, 1.807) is 13.8 Å². The van der Waals surface area contributed by atoms with Crippen LogP contribution in [0, 0.1) is 0 Å². The van der Waals surface area contributed by atoms with Crippen molar-refractivity contribution >= 4 is 5.97 Å². The molecule has 0 bridgehead atoms. The Balaban J connectivity index is 2.61. The molecule has 0 heterocycles. The van der Waals surface area contributed by atoms with E-state index in [-0.39, 0.29) is 18.6 Å². The monoisotopic (exact) mass is 237 g/mol. The Morgan fingerprint density at radius 3 is 2.59 bits per heavy atom. The van der Waals surface area contributed by atoms with Crippen molar-refractivity contribution in [2.75, 3.05) is 13.2 Å². The number of hydrogen-bond acceptors (Lipinski definition) is 4. The third-order valence-corrected chi connectivity index (χ3v) is 2.48. The first kappa shape index (κ1) is 13.7. The van der Waals surface area contributed by atoms with Crippen molar-refractivity contribution in [3.8, 4) is 0 Å². The molecule has 0 saturated carbocycles. The number of hydrogen-bond donors (Lipinski definition) is 2. The molecule has 94 valence electrons. The van der Waals surface area contributed by atoms with Crippen LogP contribution >= 0.6 is 0 Å². The number of aliphatic hydroxyl groups excluding tert-OH is 1. The molecule has 4 heteroatoms. The van der Waals surface area contributed by atoms with Gasteiger partial charge in [-0.2, -0.15) is 0 Å². The first-order valence-corrected chi connectivity index (χ1v) is 5.77. The quantitative estimate of drug-likeness (QED) is 0.731. The maximum absolute atomic E-state index is 11.5. The zero-order valence-corrected chi connectivity index (χ0v) is 10.2. The smallest absolute Gasteiger partial charge is 0.322 e. The van der Waals surface area contributed by atoms with Crippen LogP contribution in [0.15, 0.2) is 30.3 Å². The molecule has 0 radical (unpaired) electrons. The topological polar surface area (TPSA) is 58.6 Å². The highest BCUT2D eigenvalue weighted by atomic mass is 16.5. The second-order valence-electron chi connectivity index (χ2n) is 3.79. The molecule has 0 amide bonds. The van der Waals surface area contributed by atoms with Crippen LogP contribution in [0.5, 0.6) is 0 Å². The van der Waals surface area contributed by atoms with Crippen LogP contribution in [-0.4, -0.2) is 30.3 Å². The van der Waals surface area contributed by atoms with Gasteiger partial charge in [-0.25, -0.2) is 0 Å². The number of esters is 1. The normalized spacial score (nSPS) is 14.1. The predicted molar refractivity (Wildman–Crippen MR) is 65.5 cm³/mol. The van der Waals surface area contributed by atoms with Gasteiger partial charge in [-0.15, -0.1) is 0 Å². The second kappa shape index (κ2) is 7.04. The van der Waals surface area contributed by atoms with Crippen molar-refractivity contribution in [2.45, 2.75) is 25.9 Å². The number of ether oxygens (including phenoxy) is 1. The van der Waals surface area contributed by atoms with E-state index in [1.807, 2.05) is 30.3 Å². The average Bonchev–Trinajstić information content (AvgIpc) is 2.37. The van der Waals surface area contributed by atoms with Crippen LogP contribution in [0.4, 0.5) is 0 Å². The predicted octanol–water partition coefficient (Wildman–Crippen LogP) is 1.26. The fourth-order valence-corrected chi connectivity index (χ4v) is 1.58. The SMILES string of the molecule is CCOC(=O)C(C)NC(CO)c1ccccc1. The van der Waals surface area contributed by atoms with Gasteiger partial charge >= 0.3 is 5.97 Å². The van der Waals surface area contributed by atoms with Crippen molar-refractivity contribution in [1.82, 2.24) is 5.32 Å². The highest BCUT2D eigenvalue weighted by Gasteiger charge is 2.19. The molecule has 0 spiro atoms. The summed E-state index contributed by atoms with van der Waals surface area (Å²) in [5.41, 5.74) is 0.950. The highest BCUT2D eigenvalue weighted by Crippen LogP contribution is 2.12. The van der Waals surface area contributed by atoms with Crippen molar-refractivity contribution in [2.24, 2.45) is 0 Å². The van der Waals surface area contributed by atoms with E-state index in [4.69, 9.17) is 4.74 Å². The summed E-state index contributed by atoms with van der Waals surface area (Å²) in [6, 6.07) is 8.83. The van der Waals surface area contributed by atoms with Crippen LogP contribution in [0.25, 0.3) is 0 Å². The Bertz CT molecular complexity index is 340. The van der Waals surface area contributed by atoms with Crippen LogP contribution < -0.4 is 5.32 Å². The van der Waals surface area contributed by atoms with Crippen LogP contribution in [-0.2, 0) is 9.53 Å². The maximum Gasteiger partial charge on any atom is 0.322 e. The summed E-state index contributed by atoms with van der Waals surface area (Å²) in [5, 5.41) is 12.4. The summed E-state index contributed by atoms with van der Waals surface area (Å²) in [5.74, 6) is -0.304. The fourth-order valence-electron chi connectivity index (χ4n) is 1.58. The van der Waals surface area contributed by atoms with Gasteiger partial charge in [0, 0.05) is 0 Å². The van der Waals surface area contributed by atoms with E-state index in [9.17, 15) is 9.90 Å². The van der Waals surface area contributed by atoms with Crippen molar-refractivity contribution in [3.63, 3.8) is 0 Å². The molecule has 0 fully saturated rings. The molecule has 4 nitrogen and oxygen atoms in total. The Morgan fingerprint density at radius 2 is 2.06 bits per heavy atom. The minimum Gasteiger partial charge on any atom is -0.465 e. The lowest BCUT2D eigenvalue weighted by Gasteiger charge is -2.20. The van der Waals surface area contributed by atoms with Gasteiger partial charge in [0.1, 0.15) is 6.04 Å². The van der Waals surface area contributed by atoms with Gasteiger partial charge in [0.25, 0.3) is 0 Å². The molecule has 0 saturated heterocycles. The number of benzene rings is 1. The van der Waals surface area contributed by atoms with Gasteiger partial charge in [-0.3, -0.25) is 10.1 Å².